The van der Waals surface area contributed by atoms with Gasteiger partial charge < -0.3 is 15.6 Å². The van der Waals surface area contributed by atoms with Gasteiger partial charge >= 0.3 is 0 Å². The number of hydrogen-bond donors (Lipinski definition) is 2. The topological polar surface area (TPSA) is 85.8 Å². The van der Waals surface area contributed by atoms with Crippen LogP contribution < -0.4 is 11.1 Å². The molecule has 0 unspecified atom stereocenters. The summed E-state index contributed by atoms with van der Waals surface area (Å²) in [5, 5.41) is 2.98. The third-order valence-electron chi connectivity index (χ3n) is 3.37. The van der Waals surface area contributed by atoms with Crippen molar-refractivity contribution in [2.45, 2.75) is 31.8 Å². The van der Waals surface area contributed by atoms with Crippen molar-refractivity contribution in [1.82, 2.24) is 19.9 Å². The van der Waals surface area contributed by atoms with Crippen molar-refractivity contribution in [3.63, 3.8) is 0 Å². The van der Waals surface area contributed by atoms with Crippen LogP contribution in [0.2, 0.25) is 0 Å². The number of imidazole rings is 1. The molecule has 0 saturated heterocycles. The van der Waals surface area contributed by atoms with Gasteiger partial charge in [0.25, 0.3) is 0 Å². The molecule has 0 radical (unpaired) electrons. The molecule has 1 aliphatic carbocycles. The lowest BCUT2D eigenvalue weighted by molar-refractivity contribution is -0.121. The second-order valence-corrected chi connectivity index (χ2v) is 5.03. The molecule has 104 valence electrons. The molecule has 0 bridgehead atoms. The van der Waals surface area contributed by atoms with E-state index in [1.165, 1.54) is 0 Å². The highest BCUT2D eigenvalue weighted by molar-refractivity contribution is 5.77. The maximum absolute atomic E-state index is 11.7. The number of nitrogen functional groups attached to an aromatic ring is 1. The molecule has 2 aromatic rings. The molecule has 1 amide bonds. The van der Waals surface area contributed by atoms with Crippen LogP contribution in [-0.2, 0) is 11.3 Å². The van der Waals surface area contributed by atoms with Crippen LogP contribution in [0.5, 0.6) is 0 Å². The number of nitrogens with two attached hydrogens (primary N) is 1. The number of amides is 1. The quantitative estimate of drug-likeness (QED) is 0.855. The molecule has 6 nitrogen and oxygen atoms in total. The zero-order chi connectivity index (χ0) is 13.9. The molecule has 1 fully saturated rings. The van der Waals surface area contributed by atoms with Crippen molar-refractivity contribution in [3.05, 3.63) is 31.0 Å². The fraction of sp³-hybridized carbons (Fsp3) is 0.357. The Kier molecular flexibility index (Phi) is 3.37. The SMILES string of the molecule is Nc1ccncc1-c1cncn1CCC(=O)NC1CC1. The Morgan fingerprint density at radius 1 is 1.40 bits per heavy atom. The summed E-state index contributed by atoms with van der Waals surface area (Å²) in [5.74, 6) is 0.0892. The van der Waals surface area contributed by atoms with Gasteiger partial charge in [0.2, 0.25) is 5.91 Å². The number of nitrogens with zero attached hydrogens (tertiary/aromatic N) is 3. The van der Waals surface area contributed by atoms with Gasteiger partial charge in [-0.25, -0.2) is 4.98 Å². The summed E-state index contributed by atoms with van der Waals surface area (Å²) in [4.78, 5) is 19.9. The van der Waals surface area contributed by atoms with Gasteiger partial charge in [0.15, 0.2) is 0 Å². The van der Waals surface area contributed by atoms with E-state index in [1.54, 1.807) is 31.0 Å². The van der Waals surface area contributed by atoms with E-state index in [1.807, 2.05) is 4.57 Å². The smallest absolute Gasteiger partial charge is 0.222 e. The standard InChI is InChI=1S/C14H17N5O/c15-12-3-5-16-7-11(12)13-8-17-9-19(13)6-4-14(20)18-10-1-2-10/h3,5,7-10H,1-2,4,6H2,(H2,15,16)(H,18,20). The Morgan fingerprint density at radius 3 is 3.00 bits per heavy atom. The minimum Gasteiger partial charge on any atom is -0.398 e. The average Bonchev–Trinajstić information content (AvgIpc) is 3.13. The first-order valence-electron chi connectivity index (χ1n) is 6.73. The number of pyridine rings is 1. The van der Waals surface area contributed by atoms with Crippen LogP contribution in [0.3, 0.4) is 0 Å². The highest BCUT2D eigenvalue weighted by Gasteiger charge is 2.23. The lowest BCUT2D eigenvalue weighted by Crippen LogP contribution is -2.26. The average molecular weight is 271 g/mol. The first-order chi connectivity index (χ1) is 9.74. The number of carbonyl (C=O) groups excluding carboxylic acids is 1. The van der Waals surface area contributed by atoms with Crippen molar-refractivity contribution < 1.29 is 4.79 Å². The Labute approximate surface area is 117 Å². The molecule has 0 spiro atoms. The highest BCUT2D eigenvalue weighted by Crippen LogP contribution is 2.24. The molecular formula is C14H17N5O. The third-order valence-corrected chi connectivity index (χ3v) is 3.37. The van der Waals surface area contributed by atoms with Gasteiger partial charge in [-0.2, -0.15) is 0 Å². The second kappa shape index (κ2) is 5.32. The Bertz CT molecular complexity index is 618. The number of rotatable bonds is 5. The fourth-order valence-corrected chi connectivity index (χ4v) is 2.09. The molecule has 3 N–H and O–H groups in total. The molecule has 0 aliphatic heterocycles. The van der Waals surface area contributed by atoms with Crippen LogP contribution in [0.15, 0.2) is 31.0 Å². The molecule has 3 rings (SSSR count). The van der Waals surface area contributed by atoms with Gasteiger partial charge in [0, 0.05) is 42.7 Å². The van der Waals surface area contributed by atoms with Gasteiger partial charge in [-0.3, -0.25) is 9.78 Å². The van der Waals surface area contributed by atoms with Gasteiger partial charge in [-0.1, -0.05) is 0 Å². The van der Waals surface area contributed by atoms with Crippen LogP contribution in [0.4, 0.5) is 5.69 Å². The third kappa shape index (κ3) is 2.79. The summed E-state index contributed by atoms with van der Waals surface area (Å²) >= 11 is 0. The van der Waals surface area contributed by atoms with E-state index < -0.39 is 0 Å². The summed E-state index contributed by atoms with van der Waals surface area (Å²) in [7, 11) is 0. The predicted octanol–water partition coefficient (Wildman–Crippen LogP) is 1.20. The number of aryl methyl sites for hydroxylation is 1. The zero-order valence-electron chi connectivity index (χ0n) is 11.1. The fourth-order valence-electron chi connectivity index (χ4n) is 2.09. The summed E-state index contributed by atoms with van der Waals surface area (Å²) < 4.78 is 1.93. The van der Waals surface area contributed by atoms with E-state index in [9.17, 15) is 4.79 Å². The van der Waals surface area contributed by atoms with Gasteiger partial charge in [0.1, 0.15) is 0 Å². The lowest BCUT2D eigenvalue weighted by Gasteiger charge is -2.09. The van der Waals surface area contributed by atoms with E-state index in [2.05, 4.69) is 15.3 Å². The predicted molar refractivity (Wildman–Crippen MR) is 75.7 cm³/mol. The van der Waals surface area contributed by atoms with Crippen LogP contribution in [0.25, 0.3) is 11.3 Å². The van der Waals surface area contributed by atoms with Crippen molar-refractivity contribution in [2.24, 2.45) is 0 Å². The molecule has 0 atom stereocenters. The second-order valence-electron chi connectivity index (χ2n) is 5.03. The first kappa shape index (κ1) is 12.7. The van der Waals surface area contributed by atoms with Crippen molar-refractivity contribution in [2.75, 3.05) is 5.73 Å². The number of anilines is 1. The number of hydrogen-bond acceptors (Lipinski definition) is 4. The normalized spacial score (nSPS) is 14.2. The Morgan fingerprint density at radius 2 is 2.25 bits per heavy atom. The van der Waals surface area contributed by atoms with E-state index in [0.29, 0.717) is 24.7 Å². The van der Waals surface area contributed by atoms with Crippen molar-refractivity contribution in [3.8, 4) is 11.3 Å². The van der Waals surface area contributed by atoms with Gasteiger partial charge in [0.05, 0.1) is 18.2 Å². The molecule has 6 heteroatoms. The van der Waals surface area contributed by atoms with Crippen LogP contribution >= 0.6 is 0 Å². The molecule has 1 saturated carbocycles. The van der Waals surface area contributed by atoms with Crippen LogP contribution in [0, 0.1) is 0 Å². The summed E-state index contributed by atoms with van der Waals surface area (Å²) in [6.45, 7) is 0.586. The number of nitrogens with one attached hydrogen (secondary N) is 1. The molecule has 2 heterocycles. The monoisotopic (exact) mass is 271 g/mol. The summed E-state index contributed by atoms with van der Waals surface area (Å²) in [6.07, 6.45) is 9.48. The van der Waals surface area contributed by atoms with Crippen molar-refractivity contribution in [1.29, 1.82) is 0 Å². The maximum atomic E-state index is 11.7. The highest BCUT2D eigenvalue weighted by atomic mass is 16.1. The molecule has 2 aromatic heterocycles. The Balaban J connectivity index is 1.70. The van der Waals surface area contributed by atoms with Crippen molar-refractivity contribution >= 4 is 11.6 Å². The van der Waals surface area contributed by atoms with E-state index >= 15 is 0 Å². The number of carbonyl (C=O) groups is 1. The minimum atomic E-state index is 0.0892. The molecule has 20 heavy (non-hydrogen) atoms. The summed E-state index contributed by atoms with van der Waals surface area (Å²) in [5.41, 5.74) is 8.33. The Hall–Kier alpha value is -2.37. The van der Waals surface area contributed by atoms with Gasteiger partial charge in [-0.15, -0.1) is 0 Å². The van der Waals surface area contributed by atoms with E-state index in [4.69, 9.17) is 5.73 Å². The number of aromatic nitrogens is 3. The van der Waals surface area contributed by atoms with Crippen LogP contribution in [-0.4, -0.2) is 26.5 Å². The summed E-state index contributed by atoms with van der Waals surface area (Å²) in [6, 6.07) is 2.16. The largest absolute Gasteiger partial charge is 0.398 e. The molecule has 0 aromatic carbocycles. The van der Waals surface area contributed by atoms with Crippen LogP contribution in [0.1, 0.15) is 19.3 Å². The maximum Gasteiger partial charge on any atom is 0.222 e. The molecule has 1 aliphatic rings. The van der Waals surface area contributed by atoms with Gasteiger partial charge in [-0.05, 0) is 18.9 Å². The zero-order valence-corrected chi connectivity index (χ0v) is 11.1. The van der Waals surface area contributed by atoms with E-state index in [0.717, 1.165) is 24.1 Å². The first-order valence-corrected chi connectivity index (χ1v) is 6.73. The minimum absolute atomic E-state index is 0.0892. The molecular weight excluding hydrogens is 254 g/mol. The van der Waals surface area contributed by atoms with E-state index in [-0.39, 0.29) is 5.91 Å². The lowest BCUT2D eigenvalue weighted by atomic mass is 10.2.